The van der Waals surface area contributed by atoms with Gasteiger partial charge in [0, 0.05) is 5.92 Å². The Hall–Kier alpha value is -0.730. The van der Waals surface area contributed by atoms with Gasteiger partial charge in [0.25, 0.3) is 0 Å². The smallest absolute Gasteiger partial charge is 0.407 e. The first-order chi connectivity index (χ1) is 6.67. The fraction of sp³-hybridized carbons (Fsp3) is 0.909. The summed E-state index contributed by atoms with van der Waals surface area (Å²) in [5.74, 6) is 2.35. The molecule has 1 heterocycles. The molecule has 0 spiro atoms. The maximum absolute atomic E-state index is 11.1. The number of hydrogen-bond acceptors (Lipinski definition) is 2. The highest BCUT2D eigenvalue weighted by molar-refractivity contribution is 5.70. The third-order valence-electron chi connectivity index (χ3n) is 4.43. The molecule has 0 radical (unpaired) electrons. The lowest BCUT2D eigenvalue weighted by molar-refractivity contribution is -0.000770. The van der Waals surface area contributed by atoms with Crippen molar-refractivity contribution in [1.82, 2.24) is 5.32 Å². The van der Waals surface area contributed by atoms with E-state index in [1.54, 1.807) is 0 Å². The Kier molecular flexibility index (Phi) is 1.62. The number of carbonyl (C=O) groups excluding carboxylic acids is 1. The third kappa shape index (κ3) is 1.07. The summed E-state index contributed by atoms with van der Waals surface area (Å²) in [5.41, 5.74) is -0.211. The van der Waals surface area contributed by atoms with E-state index in [2.05, 4.69) is 12.2 Å². The van der Waals surface area contributed by atoms with E-state index in [1.165, 1.54) is 25.7 Å². The highest BCUT2D eigenvalue weighted by atomic mass is 16.6. The molecule has 4 unspecified atom stereocenters. The van der Waals surface area contributed by atoms with Gasteiger partial charge in [-0.05, 0) is 38.0 Å². The summed E-state index contributed by atoms with van der Waals surface area (Å²) in [4.78, 5) is 11.1. The number of amides is 1. The largest absolute Gasteiger partial charge is 0.441 e. The Balaban J connectivity index is 1.79. The number of ether oxygens (including phenoxy) is 1. The predicted molar refractivity (Wildman–Crippen MR) is 51.8 cm³/mol. The number of fused-ring (bicyclic) bond motifs is 2. The molecule has 3 fully saturated rings. The third-order valence-corrected chi connectivity index (χ3v) is 4.43. The summed E-state index contributed by atoms with van der Waals surface area (Å²) >= 11 is 0. The van der Waals surface area contributed by atoms with Gasteiger partial charge in [0.2, 0.25) is 0 Å². The van der Waals surface area contributed by atoms with Crippen LogP contribution in [0.3, 0.4) is 0 Å². The lowest BCUT2D eigenvalue weighted by atomic mass is 9.77. The number of carbonyl (C=O) groups is 1. The molecular formula is C11H17NO2. The second-order valence-corrected chi connectivity index (χ2v) is 5.34. The lowest BCUT2D eigenvalue weighted by Crippen LogP contribution is -2.41. The van der Waals surface area contributed by atoms with Gasteiger partial charge in [-0.15, -0.1) is 0 Å². The summed E-state index contributed by atoms with van der Waals surface area (Å²) in [7, 11) is 0. The van der Waals surface area contributed by atoms with E-state index in [9.17, 15) is 4.79 Å². The van der Waals surface area contributed by atoms with Crippen molar-refractivity contribution in [1.29, 1.82) is 0 Å². The number of alkyl carbamates (subject to hydrolysis) is 1. The van der Waals surface area contributed by atoms with Crippen molar-refractivity contribution in [2.45, 2.75) is 38.2 Å². The van der Waals surface area contributed by atoms with Gasteiger partial charge in [0.05, 0.1) is 6.54 Å². The maximum atomic E-state index is 11.1. The standard InChI is InChI=1S/C11H17NO2/c1-11(6-12-10(13)14-11)9-5-7-2-3-8(9)4-7/h7-9H,2-6H2,1H3,(H,12,13). The van der Waals surface area contributed by atoms with Crippen LogP contribution in [0.15, 0.2) is 0 Å². The highest BCUT2D eigenvalue weighted by Gasteiger charge is 2.52. The Bertz CT molecular complexity index is 278. The van der Waals surface area contributed by atoms with Crippen LogP contribution >= 0.6 is 0 Å². The molecule has 2 saturated carbocycles. The second-order valence-electron chi connectivity index (χ2n) is 5.34. The van der Waals surface area contributed by atoms with E-state index in [-0.39, 0.29) is 11.7 Å². The van der Waals surface area contributed by atoms with E-state index in [0.29, 0.717) is 12.5 Å². The minimum absolute atomic E-state index is 0.211. The Morgan fingerprint density at radius 2 is 2.29 bits per heavy atom. The second kappa shape index (κ2) is 2.65. The summed E-state index contributed by atoms with van der Waals surface area (Å²) in [6, 6.07) is 0. The van der Waals surface area contributed by atoms with Crippen molar-refractivity contribution in [3.8, 4) is 0 Å². The number of rotatable bonds is 1. The van der Waals surface area contributed by atoms with E-state index < -0.39 is 0 Å². The predicted octanol–water partition coefficient (Wildman–Crippen LogP) is 1.92. The van der Waals surface area contributed by atoms with Crippen LogP contribution in [-0.4, -0.2) is 18.2 Å². The van der Waals surface area contributed by atoms with Gasteiger partial charge in [-0.3, -0.25) is 0 Å². The summed E-state index contributed by atoms with van der Waals surface area (Å²) in [5, 5.41) is 2.79. The molecule has 2 aliphatic carbocycles. The molecule has 14 heavy (non-hydrogen) atoms. The first-order valence-electron chi connectivity index (χ1n) is 5.64. The van der Waals surface area contributed by atoms with Crippen LogP contribution in [0, 0.1) is 17.8 Å². The van der Waals surface area contributed by atoms with Gasteiger partial charge in [-0.2, -0.15) is 0 Å². The Morgan fingerprint density at radius 3 is 2.79 bits per heavy atom. The highest BCUT2D eigenvalue weighted by Crippen LogP contribution is 2.53. The van der Waals surface area contributed by atoms with Crippen LogP contribution in [0.25, 0.3) is 0 Å². The summed E-state index contributed by atoms with van der Waals surface area (Å²) in [6.07, 6.45) is 5.17. The average Bonchev–Trinajstić information content (AvgIpc) is 2.80. The molecule has 1 amide bonds. The Labute approximate surface area is 84.2 Å². The van der Waals surface area contributed by atoms with Crippen molar-refractivity contribution in [2.75, 3.05) is 6.54 Å². The van der Waals surface area contributed by atoms with Crippen LogP contribution in [0.1, 0.15) is 32.6 Å². The van der Waals surface area contributed by atoms with E-state index in [4.69, 9.17) is 4.74 Å². The summed E-state index contributed by atoms with van der Waals surface area (Å²) in [6.45, 7) is 2.80. The molecule has 1 saturated heterocycles. The SMILES string of the molecule is CC1(C2CC3CCC2C3)CNC(=O)O1. The first-order valence-corrected chi connectivity index (χ1v) is 5.64. The van der Waals surface area contributed by atoms with Gasteiger partial charge in [-0.1, -0.05) is 6.42 Å². The van der Waals surface area contributed by atoms with Gasteiger partial charge < -0.3 is 10.1 Å². The maximum Gasteiger partial charge on any atom is 0.407 e. The minimum Gasteiger partial charge on any atom is -0.441 e. The van der Waals surface area contributed by atoms with Gasteiger partial charge in [-0.25, -0.2) is 4.79 Å². The van der Waals surface area contributed by atoms with Crippen molar-refractivity contribution in [3.63, 3.8) is 0 Å². The quantitative estimate of drug-likeness (QED) is 0.694. The van der Waals surface area contributed by atoms with Gasteiger partial charge in [0.1, 0.15) is 5.60 Å². The van der Waals surface area contributed by atoms with Crippen molar-refractivity contribution < 1.29 is 9.53 Å². The van der Waals surface area contributed by atoms with Crippen molar-refractivity contribution in [3.05, 3.63) is 0 Å². The van der Waals surface area contributed by atoms with Crippen molar-refractivity contribution >= 4 is 6.09 Å². The topological polar surface area (TPSA) is 38.3 Å². The van der Waals surface area contributed by atoms with E-state index >= 15 is 0 Å². The minimum atomic E-state index is -0.227. The molecule has 2 bridgehead atoms. The number of cyclic esters (lactones) is 1. The van der Waals surface area contributed by atoms with Crippen LogP contribution in [0.5, 0.6) is 0 Å². The zero-order valence-corrected chi connectivity index (χ0v) is 8.58. The van der Waals surface area contributed by atoms with Crippen LogP contribution in [-0.2, 0) is 4.74 Å². The molecule has 3 aliphatic rings. The normalized spacial score (nSPS) is 50.6. The van der Waals surface area contributed by atoms with Gasteiger partial charge >= 0.3 is 6.09 Å². The molecule has 0 aromatic heterocycles. The number of hydrogen-bond donors (Lipinski definition) is 1. The Morgan fingerprint density at radius 1 is 1.43 bits per heavy atom. The van der Waals surface area contributed by atoms with E-state index in [0.717, 1.165) is 11.8 Å². The molecular weight excluding hydrogens is 178 g/mol. The molecule has 0 aromatic rings. The number of nitrogens with one attached hydrogen (secondary N) is 1. The average molecular weight is 195 g/mol. The fourth-order valence-corrected chi connectivity index (χ4v) is 3.73. The summed E-state index contributed by atoms with van der Waals surface area (Å²) < 4.78 is 5.44. The molecule has 1 N–H and O–H groups in total. The monoisotopic (exact) mass is 195 g/mol. The zero-order valence-electron chi connectivity index (χ0n) is 8.58. The zero-order chi connectivity index (χ0) is 9.76. The van der Waals surface area contributed by atoms with Crippen LogP contribution in [0.2, 0.25) is 0 Å². The van der Waals surface area contributed by atoms with E-state index in [1.807, 2.05) is 0 Å². The van der Waals surface area contributed by atoms with Crippen LogP contribution in [0.4, 0.5) is 4.79 Å². The molecule has 78 valence electrons. The fourth-order valence-electron chi connectivity index (χ4n) is 3.73. The molecule has 4 atom stereocenters. The first kappa shape index (κ1) is 8.57. The molecule has 3 rings (SSSR count). The molecule has 3 nitrogen and oxygen atoms in total. The van der Waals surface area contributed by atoms with Crippen molar-refractivity contribution in [2.24, 2.45) is 17.8 Å². The molecule has 3 heteroatoms. The molecule has 1 aliphatic heterocycles. The van der Waals surface area contributed by atoms with Crippen LogP contribution < -0.4 is 5.32 Å². The van der Waals surface area contributed by atoms with Gasteiger partial charge in [0.15, 0.2) is 0 Å². The lowest BCUT2D eigenvalue weighted by Gasteiger charge is -2.34. The molecule has 0 aromatic carbocycles.